The third-order valence-electron chi connectivity index (χ3n) is 5.66. The third-order valence-corrected chi connectivity index (χ3v) is 5.66. The number of imidazole rings is 1. The monoisotopic (exact) mass is 325 g/mol. The average Bonchev–Trinajstić information content (AvgIpc) is 3.16. The summed E-state index contributed by atoms with van der Waals surface area (Å²) in [4.78, 5) is 14.2. The van der Waals surface area contributed by atoms with Crippen LogP contribution in [0.3, 0.4) is 0 Å². The Morgan fingerprint density at radius 3 is 2.62 bits per heavy atom. The molecule has 128 valence electrons. The summed E-state index contributed by atoms with van der Waals surface area (Å²) in [5, 5.41) is 0. The highest BCUT2D eigenvalue weighted by molar-refractivity contribution is 5.05. The second kappa shape index (κ2) is 6.65. The zero-order valence-electron chi connectivity index (χ0n) is 14.6. The Balaban J connectivity index is 1.38. The lowest BCUT2D eigenvalue weighted by molar-refractivity contribution is 0.0853. The Labute approximate surface area is 144 Å². The first-order valence-corrected chi connectivity index (χ1v) is 9.03. The number of pyridine rings is 1. The fourth-order valence-electron chi connectivity index (χ4n) is 4.41. The van der Waals surface area contributed by atoms with Crippen LogP contribution in [0.25, 0.3) is 0 Å². The highest BCUT2D eigenvalue weighted by atomic mass is 15.2. The quantitative estimate of drug-likeness (QED) is 0.864. The van der Waals surface area contributed by atoms with E-state index in [1.807, 2.05) is 24.7 Å². The molecular formula is C19H27N5. The Kier molecular flexibility index (Phi) is 4.37. The molecule has 4 rings (SSSR count). The summed E-state index contributed by atoms with van der Waals surface area (Å²) in [5.74, 6) is 1.17. The van der Waals surface area contributed by atoms with E-state index in [1.165, 1.54) is 57.0 Å². The topological polar surface area (TPSA) is 37.2 Å². The van der Waals surface area contributed by atoms with Crippen LogP contribution in [0.15, 0.2) is 36.8 Å². The van der Waals surface area contributed by atoms with Crippen molar-refractivity contribution < 1.29 is 0 Å². The average molecular weight is 325 g/mol. The van der Waals surface area contributed by atoms with Gasteiger partial charge in [-0.05, 0) is 49.9 Å². The molecule has 2 aromatic heterocycles. The number of aromatic nitrogens is 3. The van der Waals surface area contributed by atoms with Crippen molar-refractivity contribution in [1.29, 1.82) is 0 Å². The van der Waals surface area contributed by atoms with Crippen LogP contribution in [0.5, 0.6) is 0 Å². The molecule has 0 N–H and O–H groups in total. The maximum absolute atomic E-state index is 4.50. The van der Waals surface area contributed by atoms with Gasteiger partial charge in [-0.1, -0.05) is 6.07 Å². The van der Waals surface area contributed by atoms with Crippen molar-refractivity contribution in [3.8, 4) is 0 Å². The Morgan fingerprint density at radius 2 is 1.88 bits per heavy atom. The molecule has 0 aromatic carbocycles. The van der Waals surface area contributed by atoms with Crippen LogP contribution in [0.2, 0.25) is 0 Å². The molecule has 2 fully saturated rings. The van der Waals surface area contributed by atoms with Gasteiger partial charge in [0.25, 0.3) is 0 Å². The van der Waals surface area contributed by atoms with Gasteiger partial charge in [0.05, 0.1) is 12.2 Å². The zero-order chi connectivity index (χ0) is 16.4. The van der Waals surface area contributed by atoms with E-state index in [4.69, 9.17) is 0 Å². The largest absolute Gasteiger partial charge is 0.337 e. The summed E-state index contributed by atoms with van der Waals surface area (Å²) < 4.78 is 2.14. The van der Waals surface area contributed by atoms with Crippen LogP contribution in [0.4, 0.5) is 0 Å². The predicted octanol–water partition coefficient (Wildman–Crippen LogP) is 2.30. The second-order valence-corrected chi connectivity index (χ2v) is 7.55. The minimum absolute atomic E-state index is 0.470. The van der Waals surface area contributed by atoms with Crippen molar-refractivity contribution in [2.24, 2.45) is 12.5 Å². The van der Waals surface area contributed by atoms with E-state index in [-0.39, 0.29) is 0 Å². The molecule has 2 aliphatic rings. The normalized spacial score (nSPS) is 25.5. The maximum atomic E-state index is 4.50. The van der Waals surface area contributed by atoms with Crippen LogP contribution in [0, 0.1) is 5.41 Å². The number of aryl methyl sites for hydroxylation is 1. The van der Waals surface area contributed by atoms with Crippen molar-refractivity contribution in [2.75, 3.05) is 26.2 Å². The van der Waals surface area contributed by atoms with E-state index in [1.54, 1.807) is 0 Å². The smallest absolute Gasteiger partial charge is 0.122 e. The summed E-state index contributed by atoms with van der Waals surface area (Å²) in [6.45, 7) is 6.79. The minimum Gasteiger partial charge on any atom is -0.337 e. The highest BCUT2D eigenvalue weighted by Crippen LogP contribution is 2.39. The maximum Gasteiger partial charge on any atom is 0.122 e. The minimum atomic E-state index is 0.470. The summed E-state index contributed by atoms with van der Waals surface area (Å²) in [6, 6.07) is 6.23. The number of likely N-dealkylation sites (tertiary alicyclic amines) is 2. The number of piperidine rings is 1. The molecule has 0 bridgehead atoms. The zero-order valence-corrected chi connectivity index (χ0v) is 14.6. The van der Waals surface area contributed by atoms with Crippen LogP contribution < -0.4 is 0 Å². The van der Waals surface area contributed by atoms with E-state index in [0.717, 1.165) is 13.1 Å². The van der Waals surface area contributed by atoms with E-state index in [9.17, 15) is 0 Å². The third kappa shape index (κ3) is 3.37. The van der Waals surface area contributed by atoms with E-state index < -0.39 is 0 Å². The summed E-state index contributed by atoms with van der Waals surface area (Å²) in [7, 11) is 2.09. The second-order valence-electron chi connectivity index (χ2n) is 7.55. The highest BCUT2D eigenvalue weighted by Gasteiger charge is 2.41. The van der Waals surface area contributed by atoms with Crippen LogP contribution in [0.1, 0.15) is 30.8 Å². The first-order chi connectivity index (χ1) is 11.7. The lowest BCUT2D eigenvalue weighted by atomic mass is 9.79. The molecule has 0 saturated carbocycles. The number of hydrogen-bond acceptors (Lipinski definition) is 4. The van der Waals surface area contributed by atoms with Crippen LogP contribution in [-0.2, 0) is 20.1 Å². The van der Waals surface area contributed by atoms with Crippen molar-refractivity contribution in [3.63, 3.8) is 0 Å². The molecule has 24 heavy (non-hydrogen) atoms. The van der Waals surface area contributed by atoms with Crippen LogP contribution >= 0.6 is 0 Å². The Morgan fingerprint density at radius 1 is 1.00 bits per heavy atom. The van der Waals surface area contributed by atoms with Gasteiger partial charge < -0.3 is 4.57 Å². The fraction of sp³-hybridized carbons (Fsp3) is 0.579. The standard InChI is InChI=1S/C19H27N5/c1-22-12-9-21-18(22)14-24-11-7-19(16-24)6-4-10-23(15-19)13-17-5-2-3-8-20-17/h2-3,5,8-9,12H,4,6-7,10-11,13-16H2,1H3/t19-/m0/s1. The number of hydrogen-bond donors (Lipinski definition) is 0. The molecule has 1 spiro atoms. The van der Waals surface area contributed by atoms with E-state index >= 15 is 0 Å². The molecular weight excluding hydrogens is 298 g/mol. The van der Waals surface area contributed by atoms with Gasteiger partial charge in [-0.3, -0.25) is 14.8 Å². The molecule has 2 saturated heterocycles. The lowest BCUT2D eigenvalue weighted by Crippen LogP contribution is -2.44. The Bertz CT molecular complexity index is 667. The summed E-state index contributed by atoms with van der Waals surface area (Å²) in [6.07, 6.45) is 9.83. The van der Waals surface area contributed by atoms with Gasteiger partial charge in [0, 0.05) is 45.3 Å². The molecule has 4 heterocycles. The van der Waals surface area contributed by atoms with Crippen LogP contribution in [-0.4, -0.2) is 50.5 Å². The molecule has 0 aliphatic carbocycles. The number of nitrogens with zero attached hydrogens (tertiary/aromatic N) is 5. The first-order valence-electron chi connectivity index (χ1n) is 9.03. The lowest BCUT2D eigenvalue weighted by Gasteiger charge is -2.40. The van der Waals surface area contributed by atoms with Gasteiger partial charge in [0.1, 0.15) is 5.82 Å². The number of rotatable bonds is 4. The first kappa shape index (κ1) is 15.8. The van der Waals surface area contributed by atoms with Crippen molar-refractivity contribution in [1.82, 2.24) is 24.3 Å². The molecule has 1 atom stereocenters. The molecule has 5 nitrogen and oxygen atoms in total. The van der Waals surface area contributed by atoms with E-state index in [0.29, 0.717) is 5.41 Å². The van der Waals surface area contributed by atoms with Gasteiger partial charge in [-0.25, -0.2) is 4.98 Å². The van der Waals surface area contributed by atoms with Crippen molar-refractivity contribution in [3.05, 3.63) is 48.3 Å². The van der Waals surface area contributed by atoms with E-state index in [2.05, 4.69) is 43.5 Å². The SMILES string of the molecule is Cn1ccnc1CN1CC[C@]2(CCCN(Cc3ccccn3)C2)C1. The van der Waals surface area contributed by atoms with Gasteiger partial charge in [0.2, 0.25) is 0 Å². The molecule has 0 amide bonds. The summed E-state index contributed by atoms with van der Waals surface area (Å²) >= 11 is 0. The molecule has 5 heteroatoms. The molecule has 2 aliphatic heterocycles. The van der Waals surface area contributed by atoms with Gasteiger partial charge in [0.15, 0.2) is 0 Å². The predicted molar refractivity (Wildman–Crippen MR) is 94.3 cm³/mol. The summed E-state index contributed by atoms with van der Waals surface area (Å²) in [5.41, 5.74) is 1.66. The van der Waals surface area contributed by atoms with Crippen molar-refractivity contribution >= 4 is 0 Å². The molecule has 0 radical (unpaired) electrons. The Hall–Kier alpha value is -1.72. The molecule has 2 aromatic rings. The van der Waals surface area contributed by atoms with Gasteiger partial charge in [-0.15, -0.1) is 0 Å². The van der Waals surface area contributed by atoms with Gasteiger partial charge in [-0.2, -0.15) is 0 Å². The van der Waals surface area contributed by atoms with Gasteiger partial charge >= 0.3 is 0 Å². The van der Waals surface area contributed by atoms with Crippen molar-refractivity contribution in [2.45, 2.75) is 32.4 Å². The fourth-order valence-corrected chi connectivity index (χ4v) is 4.41. The molecule has 0 unspecified atom stereocenters.